The lowest BCUT2D eigenvalue weighted by Crippen LogP contribution is -2.30. The van der Waals surface area contributed by atoms with E-state index in [2.05, 4.69) is 41.5 Å². The zero-order valence-corrected chi connectivity index (χ0v) is 48.3. The van der Waals surface area contributed by atoms with Crippen molar-refractivity contribution in [2.75, 3.05) is 13.2 Å². The minimum Gasteiger partial charge on any atom is -0.462 e. The van der Waals surface area contributed by atoms with E-state index in [0.717, 1.165) is 75.5 Å². The molecule has 0 aliphatic rings. The molecule has 0 fully saturated rings. The van der Waals surface area contributed by atoms with E-state index in [4.69, 9.17) is 14.2 Å². The summed E-state index contributed by atoms with van der Waals surface area (Å²) in [6.07, 6.45) is 59.6. The minimum absolute atomic E-state index is 0.0626. The molecule has 0 amide bonds. The van der Waals surface area contributed by atoms with Crippen molar-refractivity contribution < 1.29 is 28.6 Å². The van der Waals surface area contributed by atoms with E-state index >= 15 is 0 Å². The van der Waals surface area contributed by atoms with E-state index in [1.165, 1.54) is 238 Å². The monoisotopic (exact) mass is 989 g/mol. The summed E-state index contributed by atoms with van der Waals surface area (Å²) in [5, 5.41) is 0. The van der Waals surface area contributed by atoms with E-state index < -0.39 is 6.10 Å². The molecule has 0 aromatic carbocycles. The number of hydrogen-bond acceptors (Lipinski definition) is 6. The molecule has 0 saturated heterocycles. The van der Waals surface area contributed by atoms with Crippen molar-refractivity contribution >= 4 is 17.9 Å². The van der Waals surface area contributed by atoms with Gasteiger partial charge in [0.15, 0.2) is 6.10 Å². The molecule has 0 radical (unpaired) electrons. The predicted octanol–water partition coefficient (Wildman–Crippen LogP) is 21.1. The summed E-state index contributed by atoms with van der Waals surface area (Å²) >= 11 is 0. The molecular formula is C64H124O6. The van der Waals surface area contributed by atoms with Crippen LogP contribution in [0.5, 0.6) is 0 Å². The Morgan fingerprint density at radius 1 is 0.243 bits per heavy atom. The first-order valence-corrected chi connectivity index (χ1v) is 31.6. The Morgan fingerprint density at radius 3 is 0.614 bits per heavy atom. The maximum atomic E-state index is 12.9. The maximum absolute atomic E-state index is 12.9. The zero-order valence-electron chi connectivity index (χ0n) is 48.3. The van der Waals surface area contributed by atoms with Gasteiger partial charge in [-0.3, -0.25) is 14.4 Å². The summed E-state index contributed by atoms with van der Waals surface area (Å²) in [7, 11) is 0. The number of unbranched alkanes of at least 4 members (excludes halogenated alkanes) is 40. The van der Waals surface area contributed by atoms with Gasteiger partial charge in [0.25, 0.3) is 0 Å². The number of hydrogen-bond donors (Lipinski definition) is 0. The van der Waals surface area contributed by atoms with Crippen molar-refractivity contribution in [3.63, 3.8) is 0 Å². The fraction of sp³-hybridized carbons (Fsp3) is 0.953. The van der Waals surface area contributed by atoms with Crippen LogP contribution in [-0.2, 0) is 28.6 Å². The second kappa shape index (κ2) is 55.2. The van der Waals surface area contributed by atoms with Crippen LogP contribution in [0.2, 0.25) is 0 Å². The summed E-state index contributed by atoms with van der Waals surface area (Å²) in [6, 6.07) is 0. The molecule has 0 aromatic rings. The molecule has 0 spiro atoms. The third-order valence-corrected chi connectivity index (χ3v) is 14.6. The van der Waals surface area contributed by atoms with E-state index in [0.29, 0.717) is 19.3 Å². The molecule has 1 atom stereocenters. The van der Waals surface area contributed by atoms with Crippen LogP contribution in [-0.4, -0.2) is 37.2 Å². The van der Waals surface area contributed by atoms with Gasteiger partial charge in [-0.25, -0.2) is 0 Å². The predicted molar refractivity (Wildman–Crippen MR) is 303 cm³/mol. The van der Waals surface area contributed by atoms with E-state index in [1.54, 1.807) is 0 Å². The van der Waals surface area contributed by atoms with Crippen LogP contribution in [0.3, 0.4) is 0 Å². The maximum Gasteiger partial charge on any atom is 0.306 e. The van der Waals surface area contributed by atoms with Gasteiger partial charge >= 0.3 is 17.9 Å². The average molecular weight is 990 g/mol. The van der Waals surface area contributed by atoms with Crippen molar-refractivity contribution in [2.45, 2.75) is 362 Å². The molecule has 6 heteroatoms. The highest BCUT2D eigenvalue weighted by atomic mass is 16.6. The zero-order chi connectivity index (χ0) is 51.2. The Balaban J connectivity index is 4.29. The molecule has 70 heavy (non-hydrogen) atoms. The van der Waals surface area contributed by atoms with E-state index in [-0.39, 0.29) is 31.1 Å². The summed E-state index contributed by atoms with van der Waals surface area (Å²) in [5.41, 5.74) is 0. The van der Waals surface area contributed by atoms with Crippen molar-refractivity contribution in [1.82, 2.24) is 0 Å². The molecule has 0 aromatic heterocycles. The highest BCUT2D eigenvalue weighted by Gasteiger charge is 2.19. The van der Waals surface area contributed by atoms with Gasteiger partial charge in [0.05, 0.1) is 0 Å². The number of carbonyl (C=O) groups is 3. The van der Waals surface area contributed by atoms with Gasteiger partial charge in [0.1, 0.15) is 13.2 Å². The second-order valence-corrected chi connectivity index (χ2v) is 23.5. The highest BCUT2D eigenvalue weighted by molar-refractivity contribution is 5.71. The first kappa shape index (κ1) is 68.4. The smallest absolute Gasteiger partial charge is 0.306 e. The van der Waals surface area contributed by atoms with Gasteiger partial charge in [-0.2, -0.15) is 0 Å². The Hall–Kier alpha value is -1.59. The first-order valence-electron chi connectivity index (χ1n) is 31.6. The van der Waals surface area contributed by atoms with E-state index in [9.17, 15) is 14.4 Å². The molecule has 0 aliphatic heterocycles. The molecule has 0 N–H and O–H groups in total. The fourth-order valence-corrected chi connectivity index (χ4v) is 9.88. The molecule has 6 nitrogen and oxygen atoms in total. The Bertz CT molecular complexity index is 1090. The third-order valence-electron chi connectivity index (χ3n) is 14.6. The van der Waals surface area contributed by atoms with Gasteiger partial charge < -0.3 is 14.2 Å². The summed E-state index contributed by atoms with van der Waals surface area (Å²) in [5.74, 6) is 1.70. The topological polar surface area (TPSA) is 78.9 Å². The van der Waals surface area contributed by atoms with Crippen molar-refractivity contribution in [3.8, 4) is 0 Å². The Labute approximate surface area is 438 Å². The number of rotatable bonds is 57. The number of esters is 3. The standard InChI is InChI=1S/C64H124O6/c1-58(2)50-44-38-32-26-20-14-10-7-8-12-16-23-29-35-41-47-53-62(65)68-56-61(57-69-63(66)54-48-42-36-30-24-19-18-22-28-34-40-46-52-60(5)6)70-64(67)55-49-43-37-31-25-17-13-9-11-15-21-27-33-39-45-51-59(3)4/h58-61H,7-57H2,1-6H3/t61-/m1/s1. The van der Waals surface area contributed by atoms with E-state index in [1.807, 2.05) is 0 Å². The van der Waals surface area contributed by atoms with Crippen LogP contribution < -0.4 is 0 Å². The van der Waals surface area contributed by atoms with Gasteiger partial charge in [-0.1, -0.05) is 318 Å². The van der Waals surface area contributed by atoms with Crippen molar-refractivity contribution in [2.24, 2.45) is 17.8 Å². The summed E-state index contributed by atoms with van der Waals surface area (Å²) in [4.78, 5) is 38.3. The highest BCUT2D eigenvalue weighted by Crippen LogP contribution is 2.19. The SMILES string of the molecule is CC(C)CCCCCCCCCCCCCCCCCCC(=O)OC[C@H](COC(=O)CCCCCCCCCCCCCCC(C)C)OC(=O)CCCCCCCCCCCCCCCCCC(C)C. The lowest BCUT2D eigenvalue weighted by Gasteiger charge is -2.18. The van der Waals surface area contributed by atoms with Crippen molar-refractivity contribution in [1.29, 1.82) is 0 Å². The molecule has 0 saturated carbocycles. The first-order chi connectivity index (χ1) is 34.1. The molecule has 0 bridgehead atoms. The van der Waals surface area contributed by atoms with Crippen LogP contribution in [0.15, 0.2) is 0 Å². The lowest BCUT2D eigenvalue weighted by atomic mass is 10.0. The molecule has 0 heterocycles. The fourth-order valence-electron chi connectivity index (χ4n) is 9.88. The van der Waals surface area contributed by atoms with Crippen LogP contribution in [0.25, 0.3) is 0 Å². The second-order valence-electron chi connectivity index (χ2n) is 23.5. The lowest BCUT2D eigenvalue weighted by molar-refractivity contribution is -0.167. The van der Waals surface area contributed by atoms with Crippen LogP contribution >= 0.6 is 0 Å². The average Bonchev–Trinajstić information content (AvgIpc) is 3.32. The number of carbonyl (C=O) groups excluding carboxylic acids is 3. The van der Waals surface area contributed by atoms with Gasteiger partial charge in [-0.05, 0) is 37.0 Å². The molecule has 416 valence electrons. The summed E-state index contributed by atoms with van der Waals surface area (Å²) < 4.78 is 17.0. The Kier molecular flexibility index (Phi) is 53.9. The van der Waals surface area contributed by atoms with Crippen LogP contribution in [0.4, 0.5) is 0 Å². The summed E-state index contributed by atoms with van der Waals surface area (Å²) in [6.45, 7) is 13.8. The molecule has 0 rings (SSSR count). The Morgan fingerprint density at radius 2 is 0.414 bits per heavy atom. The molecule has 0 unspecified atom stereocenters. The molecule has 0 aliphatic carbocycles. The minimum atomic E-state index is -0.764. The number of ether oxygens (including phenoxy) is 3. The molecular weight excluding hydrogens is 865 g/mol. The van der Waals surface area contributed by atoms with Gasteiger partial charge in [0, 0.05) is 19.3 Å². The normalized spacial score (nSPS) is 12.1. The van der Waals surface area contributed by atoms with Crippen LogP contribution in [0, 0.1) is 17.8 Å². The van der Waals surface area contributed by atoms with Gasteiger partial charge in [0.2, 0.25) is 0 Å². The van der Waals surface area contributed by atoms with Gasteiger partial charge in [-0.15, -0.1) is 0 Å². The quantitative estimate of drug-likeness (QED) is 0.0343. The van der Waals surface area contributed by atoms with Crippen molar-refractivity contribution in [3.05, 3.63) is 0 Å². The third kappa shape index (κ3) is 57.3. The largest absolute Gasteiger partial charge is 0.462 e. The van der Waals surface area contributed by atoms with Crippen LogP contribution in [0.1, 0.15) is 356 Å².